The molecule has 0 aliphatic carbocycles. The number of benzene rings is 1. The lowest BCUT2D eigenvalue weighted by molar-refractivity contribution is 1.66. The Balaban J connectivity index is 2.02. The minimum absolute atomic E-state index is 1.08. The van der Waals surface area contributed by atoms with Crippen molar-refractivity contribution >= 4 is 17.4 Å². The maximum Gasteiger partial charge on any atom is 0.0355 e. The standard InChI is InChI=1S/C14H10S/c1-2-6-13(7-3-1)8-4-5-9-14-10-11-15-12-14/h1-4,6-8,10-12H/b8-4+. The average molecular weight is 210 g/mol. The summed E-state index contributed by atoms with van der Waals surface area (Å²) in [7, 11) is 0. The quantitative estimate of drug-likeness (QED) is 0.628. The molecule has 72 valence electrons. The molecule has 0 N–H and O–H groups in total. The summed E-state index contributed by atoms with van der Waals surface area (Å²) >= 11 is 1.67. The van der Waals surface area contributed by atoms with Crippen LogP contribution in [0.2, 0.25) is 0 Å². The Hall–Kier alpha value is -1.78. The lowest BCUT2D eigenvalue weighted by atomic mass is 10.2. The maximum absolute atomic E-state index is 3.07. The summed E-state index contributed by atoms with van der Waals surface area (Å²) in [6.45, 7) is 0. The fourth-order valence-electron chi connectivity index (χ4n) is 1.16. The summed E-state index contributed by atoms with van der Waals surface area (Å²) in [6, 6.07) is 12.2. The molecule has 0 spiro atoms. The molecular weight excluding hydrogens is 200 g/mol. The minimum atomic E-state index is 1.08. The summed E-state index contributed by atoms with van der Waals surface area (Å²) in [5, 5.41) is 4.08. The monoisotopic (exact) mass is 210 g/mol. The lowest BCUT2D eigenvalue weighted by Gasteiger charge is -1.87. The molecule has 0 aliphatic heterocycles. The van der Waals surface area contributed by atoms with Gasteiger partial charge in [0.05, 0.1) is 0 Å². The summed E-state index contributed by atoms with van der Waals surface area (Å²) in [4.78, 5) is 0. The lowest BCUT2D eigenvalue weighted by Crippen LogP contribution is -1.67. The molecule has 1 heterocycles. The van der Waals surface area contributed by atoms with Crippen LogP contribution in [0.4, 0.5) is 0 Å². The minimum Gasteiger partial charge on any atom is -0.151 e. The van der Waals surface area contributed by atoms with Gasteiger partial charge in [-0.25, -0.2) is 0 Å². The first kappa shape index (κ1) is 9.76. The van der Waals surface area contributed by atoms with Gasteiger partial charge in [-0.05, 0) is 29.2 Å². The Morgan fingerprint density at radius 2 is 1.93 bits per heavy atom. The fraction of sp³-hybridized carbons (Fsp3) is 0. The van der Waals surface area contributed by atoms with Crippen molar-refractivity contribution in [2.75, 3.05) is 0 Å². The molecule has 0 saturated heterocycles. The van der Waals surface area contributed by atoms with Gasteiger partial charge >= 0.3 is 0 Å². The van der Waals surface area contributed by atoms with Crippen molar-refractivity contribution in [2.24, 2.45) is 0 Å². The molecule has 0 nitrogen and oxygen atoms in total. The normalized spacial score (nSPS) is 9.87. The Labute approximate surface area is 93.9 Å². The van der Waals surface area contributed by atoms with E-state index in [1.807, 2.05) is 47.2 Å². The van der Waals surface area contributed by atoms with Gasteiger partial charge in [0.1, 0.15) is 0 Å². The number of hydrogen-bond acceptors (Lipinski definition) is 1. The SMILES string of the molecule is C(#Cc1ccsc1)/C=C/c1ccccc1. The van der Waals surface area contributed by atoms with Crippen LogP contribution in [0.5, 0.6) is 0 Å². The van der Waals surface area contributed by atoms with E-state index < -0.39 is 0 Å². The van der Waals surface area contributed by atoms with Crippen molar-refractivity contribution in [3.8, 4) is 11.8 Å². The Morgan fingerprint density at radius 1 is 1.07 bits per heavy atom. The Bertz CT molecular complexity index is 481. The van der Waals surface area contributed by atoms with Gasteiger partial charge in [-0.15, -0.1) is 0 Å². The molecular formula is C14H10S. The zero-order valence-corrected chi connectivity index (χ0v) is 9.00. The van der Waals surface area contributed by atoms with E-state index in [0.29, 0.717) is 0 Å². The van der Waals surface area contributed by atoms with Gasteiger partial charge in [-0.2, -0.15) is 11.3 Å². The van der Waals surface area contributed by atoms with Crippen molar-refractivity contribution in [1.82, 2.24) is 0 Å². The van der Waals surface area contributed by atoms with Crippen LogP contribution >= 0.6 is 11.3 Å². The molecule has 2 aromatic rings. The highest BCUT2D eigenvalue weighted by Crippen LogP contribution is 2.03. The van der Waals surface area contributed by atoms with Gasteiger partial charge < -0.3 is 0 Å². The zero-order valence-electron chi connectivity index (χ0n) is 8.18. The van der Waals surface area contributed by atoms with Crippen LogP contribution in [0, 0.1) is 11.8 Å². The van der Waals surface area contributed by atoms with E-state index in [2.05, 4.69) is 24.0 Å². The smallest absolute Gasteiger partial charge is 0.0355 e. The van der Waals surface area contributed by atoms with E-state index in [9.17, 15) is 0 Å². The van der Waals surface area contributed by atoms with E-state index in [1.54, 1.807) is 11.3 Å². The van der Waals surface area contributed by atoms with E-state index in [1.165, 1.54) is 5.56 Å². The summed E-state index contributed by atoms with van der Waals surface area (Å²) in [5.41, 5.74) is 2.26. The van der Waals surface area contributed by atoms with Crippen LogP contribution in [-0.2, 0) is 0 Å². The third-order valence-corrected chi connectivity index (χ3v) is 2.58. The molecule has 0 radical (unpaired) electrons. The van der Waals surface area contributed by atoms with Crippen molar-refractivity contribution < 1.29 is 0 Å². The van der Waals surface area contributed by atoms with Gasteiger partial charge in [-0.1, -0.05) is 42.2 Å². The molecule has 1 aromatic heterocycles. The molecule has 1 aromatic carbocycles. The second kappa shape index (κ2) is 5.19. The molecule has 0 saturated carbocycles. The first-order valence-corrected chi connectivity index (χ1v) is 5.65. The summed E-state index contributed by atoms with van der Waals surface area (Å²) in [5.74, 6) is 6.08. The fourth-order valence-corrected chi connectivity index (χ4v) is 1.75. The highest BCUT2D eigenvalue weighted by molar-refractivity contribution is 7.08. The molecule has 0 atom stereocenters. The van der Waals surface area contributed by atoms with Gasteiger partial charge in [0.2, 0.25) is 0 Å². The van der Waals surface area contributed by atoms with Crippen molar-refractivity contribution in [3.63, 3.8) is 0 Å². The third kappa shape index (κ3) is 3.12. The van der Waals surface area contributed by atoms with Crippen LogP contribution in [0.3, 0.4) is 0 Å². The van der Waals surface area contributed by atoms with Gasteiger partial charge in [0.15, 0.2) is 0 Å². The van der Waals surface area contributed by atoms with Crippen LogP contribution in [-0.4, -0.2) is 0 Å². The van der Waals surface area contributed by atoms with Crippen molar-refractivity contribution in [1.29, 1.82) is 0 Å². The predicted octanol–water partition coefficient (Wildman–Crippen LogP) is 3.81. The van der Waals surface area contributed by atoms with Gasteiger partial charge in [0.25, 0.3) is 0 Å². The van der Waals surface area contributed by atoms with Crippen LogP contribution < -0.4 is 0 Å². The molecule has 2 rings (SSSR count). The molecule has 0 bridgehead atoms. The Morgan fingerprint density at radius 3 is 2.67 bits per heavy atom. The number of rotatable bonds is 1. The van der Waals surface area contributed by atoms with Crippen LogP contribution in [0.15, 0.2) is 53.2 Å². The van der Waals surface area contributed by atoms with E-state index in [0.717, 1.165) is 5.56 Å². The highest BCUT2D eigenvalue weighted by atomic mass is 32.1. The Kier molecular flexibility index (Phi) is 3.38. The molecule has 1 heteroatoms. The topological polar surface area (TPSA) is 0 Å². The predicted molar refractivity (Wildman–Crippen MR) is 66.7 cm³/mol. The average Bonchev–Trinajstić information content (AvgIpc) is 2.79. The second-order valence-corrected chi connectivity index (χ2v) is 3.81. The number of hydrogen-bond donors (Lipinski definition) is 0. The van der Waals surface area contributed by atoms with Gasteiger partial charge in [-0.3, -0.25) is 0 Å². The molecule has 15 heavy (non-hydrogen) atoms. The summed E-state index contributed by atoms with van der Waals surface area (Å²) < 4.78 is 0. The number of thiophene rings is 1. The van der Waals surface area contributed by atoms with Gasteiger partial charge in [0, 0.05) is 10.9 Å². The zero-order chi connectivity index (χ0) is 10.3. The largest absolute Gasteiger partial charge is 0.151 e. The molecule has 0 unspecified atom stereocenters. The van der Waals surface area contributed by atoms with E-state index in [-0.39, 0.29) is 0 Å². The number of allylic oxidation sites excluding steroid dienone is 1. The molecule has 0 fully saturated rings. The third-order valence-electron chi connectivity index (χ3n) is 1.90. The van der Waals surface area contributed by atoms with Crippen molar-refractivity contribution in [2.45, 2.75) is 0 Å². The highest BCUT2D eigenvalue weighted by Gasteiger charge is 1.82. The van der Waals surface area contributed by atoms with Crippen molar-refractivity contribution in [3.05, 3.63) is 64.4 Å². The second-order valence-electron chi connectivity index (χ2n) is 3.03. The maximum atomic E-state index is 3.07. The first-order chi connectivity index (χ1) is 7.45. The van der Waals surface area contributed by atoms with E-state index >= 15 is 0 Å². The van der Waals surface area contributed by atoms with E-state index in [4.69, 9.17) is 0 Å². The molecule has 0 aliphatic rings. The van der Waals surface area contributed by atoms with Crippen LogP contribution in [0.1, 0.15) is 11.1 Å². The first-order valence-electron chi connectivity index (χ1n) is 4.70. The molecule has 0 amide bonds. The van der Waals surface area contributed by atoms with Crippen LogP contribution in [0.25, 0.3) is 6.08 Å². The summed E-state index contributed by atoms with van der Waals surface area (Å²) in [6.07, 6.45) is 3.90.